The molecule has 5 nitrogen and oxygen atoms in total. The molecule has 0 saturated carbocycles. The van der Waals surface area contributed by atoms with Crippen LogP contribution in [0.1, 0.15) is 15.9 Å². The van der Waals surface area contributed by atoms with Gasteiger partial charge in [0.1, 0.15) is 23.5 Å². The zero-order chi connectivity index (χ0) is 19.8. The first-order chi connectivity index (χ1) is 13.7. The molecule has 1 aromatic carbocycles. The van der Waals surface area contributed by atoms with E-state index in [-0.39, 0.29) is 12.0 Å². The van der Waals surface area contributed by atoms with Gasteiger partial charge in [0, 0.05) is 24.1 Å². The van der Waals surface area contributed by atoms with Crippen LogP contribution in [-0.4, -0.2) is 54.0 Å². The lowest BCUT2D eigenvalue weighted by atomic mass is 10.2. The average Bonchev–Trinajstić information content (AvgIpc) is 2.76. The van der Waals surface area contributed by atoms with Crippen LogP contribution >= 0.6 is 11.8 Å². The number of nitrogens with zero attached hydrogens (tertiary/aromatic N) is 2. The van der Waals surface area contributed by atoms with Gasteiger partial charge in [-0.15, -0.1) is 24.8 Å². The van der Waals surface area contributed by atoms with E-state index in [1.165, 1.54) is 11.8 Å². The fraction of sp³-hybridized carbons (Fsp3) is 0.273. The van der Waals surface area contributed by atoms with Crippen LogP contribution < -0.4 is 4.74 Å². The van der Waals surface area contributed by atoms with Crippen LogP contribution in [0, 0.1) is 12.3 Å². The highest BCUT2D eigenvalue weighted by Crippen LogP contribution is 2.22. The van der Waals surface area contributed by atoms with Crippen molar-refractivity contribution in [3.8, 4) is 18.1 Å². The number of amides is 1. The Morgan fingerprint density at radius 2 is 2.36 bits per heavy atom. The third kappa shape index (κ3) is 5.16. The van der Waals surface area contributed by atoms with Gasteiger partial charge in [0.25, 0.3) is 5.91 Å². The summed E-state index contributed by atoms with van der Waals surface area (Å²) in [4.78, 5) is 19.2. The smallest absolute Gasteiger partial charge is 0.256 e. The number of carbonyl (C=O) groups excluding carboxylic acids is 1. The summed E-state index contributed by atoms with van der Waals surface area (Å²) < 4.78 is 11.6. The van der Waals surface area contributed by atoms with Crippen LogP contribution in [0.25, 0.3) is 0 Å². The number of benzene rings is 1. The maximum absolute atomic E-state index is 13.0. The van der Waals surface area contributed by atoms with E-state index in [2.05, 4.69) is 17.5 Å². The molecule has 1 saturated heterocycles. The van der Waals surface area contributed by atoms with E-state index in [0.717, 1.165) is 10.6 Å². The lowest BCUT2D eigenvalue weighted by molar-refractivity contribution is -0.0402. The largest absolute Gasteiger partial charge is 0.491 e. The van der Waals surface area contributed by atoms with Crippen molar-refractivity contribution in [3.63, 3.8) is 0 Å². The lowest BCUT2D eigenvalue weighted by Crippen LogP contribution is -2.47. The van der Waals surface area contributed by atoms with Crippen molar-refractivity contribution in [2.75, 3.05) is 32.1 Å². The minimum absolute atomic E-state index is 0.0395. The molecule has 2 heterocycles. The van der Waals surface area contributed by atoms with Crippen LogP contribution in [0.2, 0.25) is 0 Å². The molecule has 0 aliphatic carbocycles. The topological polar surface area (TPSA) is 51.7 Å². The molecular formula is C22H22N2O3S. The summed E-state index contributed by atoms with van der Waals surface area (Å²) in [6.45, 7) is 5.55. The first kappa shape index (κ1) is 20.0. The Morgan fingerprint density at radius 1 is 1.46 bits per heavy atom. The summed E-state index contributed by atoms with van der Waals surface area (Å²) in [6.07, 6.45) is 8.71. The SMILES string of the molecule is C#Cc1cccc(OCC2CN(C(=O)c3cccnc3SCC=C)CCO2)c1. The molecular weight excluding hydrogens is 372 g/mol. The predicted molar refractivity (Wildman–Crippen MR) is 111 cm³/mol. The van der Waals surface area contributed by atoms with Crippen LogP contribution in [0.15, 0.2) is 60.3 Å². The van der Waals surface area contributed by atoms with Gasteiger partial charge in [0.15, 0.2) is 0 Å². The predicted octanol–water partition coefficient (Wildman–Crippen LogP) is 3.26. The number of carbonyl (C=O) groups is 1. The van der Waals surface area contributed by atoms with Gasteiger partial charge >= 0.3 is 0 Å². The zero-order valence-corrected chi connectivity index (χ0v) is 16.4. The number of terminal acetylenes is 1. The molecule has 1 aromatic heterocycles. The van der Waals surface area contributed by atoms with Gasteiger partial charge < -0.3 is 14.4 Å². The van der Waals surface area contributed by atoms with Crippen molar-refractivity contribution in [1.82, 2.24) is 9.88 Å². The maximum atomic E-state index is 13.0. The van der Waals surface area contributed by atoms with Crippen molar-refractivity contribution in [2.24, 2.45) is 0 Å². The van der Waals surface area contributed by atoms with Gasteiger partial charge in [-0.2, -0.15) is 0 Å². The minimum Gasteiger partial charge on any atom is -0.491 e. The molecule has 0 N–H and O–H groups in total. The Balaban J connectivity index is 1.62. The van der Waals surface area contributed by atoms with Crippen LogP contribution in [0.5, 0.6) is 5.75 Å². The lowest BCUT2D eigenvalue weighted by Gasteiger charge is -2.33. The number of pyridine rings is 1. The van der Waals surface area contributed by atoms with E-state index in [9.17, 15) is 4.79 Å². The highest BCUT2D eigenvalue weighted by molar-refractivity contribution is 7.99. The molecule has 6 heteroatoms. The summed E-state index contributed by atoms with van der Waals surface area (Å²) in [5.74, 6) is 3.94. The van der Waals surface area contributed by atoms with Gasteiger partial charge in [-0.3, -0.25) is 4.79 Å². The zero-order valence-electron chi connectivity index (χ0n) is 15.5. The Labute approximate surface area is 169 Å². The quantitative estimate of drug-likeness (QED) is 0.410. The Morgan fingerprint density at radius 3 is 3.18 bits per heavy atom. The van der Waals surface area contributed by atoms with Crippen LogP contribution in [-0.2, 0) is 4.74 Å². The molecule has 0 bridgehead atoms. The molecule has 1 aliphatic heterocycles. The van der Waals surface area contributed by atoms with Crippen molar-refractivity contribution in [3.05, 3.63) is 66.4 Å². The number of hydrogen-bond acceptors (Lipinski definition) is 5. The van der Waals surface area contributed by atoms with E-state index in [1.807, 2.05) is 30.3 Å². The second kappa shape index (κ2) is 9.98. The molecule has 2 aromatic rings. The molecule has 1 amide bonds. The molecule has 28 heavy (non-hydrogen) atoms. The summed E-state index contributed by atoms with van der Waals surface area (Å²) in [5.41, 5.74) is 1.37. The highest BCUT2D eigenvalue weighted by Gasteiger charge is 2.27. The first-order valence-corrected chi connectivity index (χ1v) is 9.99. The Kier molecular flexibility index (Phi) is 7.12. The average molecular weight is 394 g/mol. The number of thioether (sulfide) groups is 1. The number of aromatic nitrogens is 1. The van der Waals surface area contributed by atoms with Crippen molar-refractivity contribution >= 4 is 17.7 Å². The molecule has 1 aliphatic rings. The van der Waals surface area contributed by atoms with E-state index in [0.29, 0.717) is 43.4 Å². The standard InChI is InChI=1S/C22H22N2O3S/c1-3-13-28-21-20(9-6-10-23-21)22(25)24-11-12-26-19(15-24)16-27-18-8-5-7-17(4-2)14-18/h2-3,5-10,14,19H,1,11-13,15-16H2. The molecule has 144 valence electrons. The van der Waals surface area contributed by atoms with Crippen LogP contribution in [0.4, 0.5) is 0 Å². The molecule has 1 unspecified atom stereocenters. The van der Waals surface area contributed by atoms with Crippen molar-refractivity contribution in [2.45, 2.75) is 11.1 Å². The van der Waals surface area contributed by atoms with Gasteiger partial charge in [-0.05, 0) is 30.3 Å². The highest BCUT2D eigenvalue weighted by atomic mass is 32.2. The van der Waals surface area contributed by atoms with Crippen LogP contribution in [0.3, 0.4) is 0 Å². The minimum atomic E-state index is -0.201. The monoisotopic (exact) mass is 394 g/mol. The van der Waals surface area contributed by atoms with E-state index in [4.69, 9.17) is 15.9 Å². The fourth-order valence-electron chi connectivity index (χ4n) is 2.85. The number of rotatable bonds is 7. The Hall–Kier alpha value is -2.75. The van der Waals surface area contributed by atoms with Gasteiger partial charge in [0.05, 0.1) is 18.7 Å². The third-order valence-corrected chi connectivity index (χ3v) is 5.20. The molecule has 3 rings (SSSR count). The third-order valence-electron chi connectivity index (χ3n) is 4.20. The normalized spacial score (nSPS) is 16.2. The van der Waals surface area contributed by atoms with Crippen molar-refractivity contribution < 1.29 is 14.3 Å². The number of hydrogen-bond donors (Lipinski definition) is 0. The summed E-state index contributed by atoms with van der Waals surface area (Å²) >= 11 is 1.50. The van der Waals surface area contributed by atoms with E-state index in [1.54, 1.807) is 23.2 Å². The maximum Gasteiger partial charge on any atom is 0.256 e. The fourth-order valence-corrected chi connectivity index (χ4v) is 3.57. The van der Waals surface area contributed by atoms with Gasteiger partial charge in [0.2, 0.25) is 0 Å². The number of morpholine rings is 1. The van der Waals surface area contributed by atoms with E-state index < -0.39 is 0 Å². The number of ether oxygens (including phenoxy) is 2. The van der Waals surface area contributed by atoms with Gasteiger partial charge in [-0.1, -0.05) is 18.1 Å². The molecule has 0 spiro atoms. The summed E-state index contributed by atoms with van der Waals surface area (Å²) in [6, 6.07) is 11.0. The second-order valence-electron chi connectivity index (χ2n) is 6.18. The van der Waals surface area contributed by atoms with Gasteiger partial charge in [-0.25, -0.2) is 4.98 Å². The van der Waals surface area contributed by atoms with E-state index >= 15 is 0 Å². The molecule has 1 atom stereocenters. The first-order valence-electron chi connectivity index (χ1n) is 9.00. The Bertz CT molecular complexity index is 878. The summed E-state index contributed by atoms with van der Waals surface area (Å²) in [5, 5.41) is 0.720. The molecule has 0 radical (unpaired) electrons. The van der Waals surface area contributed by atoms with Crippen molar-refractivity contribution in [1.29, 1.82) is 0 Å². The molecule has 1 fully saturated rings. The second-order valence-corrected chi connectivity index (χ2v) is 7.19. The summed E-state index contributed by atoms with van der Waals surface area (Å²) in [7, 11) is 0.